The molecule has 8 heteroatoms. The second-order valence-electron chi connectivity index (χ2n) is 6.11. The number of fused-ring (bicyclic) bond motifs is 1. The Hall–Kier alpha value is -2.74. The SMILES string of the molecule is NC(=O)CC[C@H](N)C(=O)N1CCn2cc(-c3ccc(F)cc3)nc2C1. The monoisotopic (exact) mass is 345 g/mol. The van der Waals surface area contributed by atoms with Gasteiger partial charge in [0.05, 0.1) is 18.3 Å². The number of carbonyl (C=O) groups is 2. The summed E-state index contributed by atoms with van der Waals surface area (Å²) in [6.45, 7) is 1.48. The maximum atomic E-state index is 13.0. The van der Waals surface area contributed by atoms with Crippen LogP contribution in [0.4, 0.5) is 4.39 Å². The number of rotatable bonds is 5. The van der Waals surface area contributed by atoms with Crippen molar-refractivity contribution in [2.45, 2.75) is 32.0 Å². The van der Waals surface area contributed by atoms with Crippen LogP contribution in [0.3, 0.4) is 0 Å². The molecule has 0 bridgehead atoms. The van der Waals surface area contributed by atoms with Gasteiger partial charge in [-0.05, 0) is 30.7 Å². The highest BCUT2D eigenvalue weighted by atomic mass is 19.1. The maximum absolute atomic E-state index is 13.0. The van der Waals surface area contributed by atoms with Crippen LogP contribution in [0.2, 0.25) is 0 Å². The predicted octanol–water partition coefficient (Wildman–Crippen LogP) is 0.624. The van der Waals surface area contributed by atoms with Gasteiger partial charge in [0.25, 0.3) is 0 Å². The standard InChI is InChI=1S/C17H20FN5O2/c18-12-3-1-11(2-4-12)14-9-22-7-8-23(10-16(22)21-14)17(25)13(19)5-6-15(20)24/h1-4,9,13H,5-8,10,19H2,(H2,20,24)/t13-/m0/s1. The number of nitrogens with two attached hydrogens (primary N) is 2. The zero-order valence-corrected chi connectivity index (χ0v) is 13.7. The largest absolute Gasteiger partial charge is 0.370 e. The van der Waals surface area contributed by atoms with E-state index < -0.39 is 11.9 Å². The summed E-state index contributed by atoms with van der Waals surface area (Å²) in [5.74, 6) is -0.226. The number of carbonyl (C=O) groups excluding carboxylic acids is 2. The Labute approximate surface area is 144 Å². The van der Waals surface area contributed by atoms with Crippen LogP contribution < -0.4 is 11.5 Å². The Balaban J connectivity index is 1.70. The molecule has 25 heavy (non-hydrogen) atoms. The quantitative estimate of drug-likeness (QED) is 0.828. The van der Waals surface area contributed by atoms with Crippen molar-refractivity contribution < 1.29 is 14.0 Å². The van der Waals surface area contributed by atoms with Crippen molar-refractivity contribution in [1.82, 2.24) is 14.5 Å². The average molecular weight is 345 g/mol. The molecular weight excluding hydrogens is 325 g/mol. The van der Waals surface area contributed by atoms with Crippen molar-refractivity contribution in [2.24, 2.45) is 11.5 Å². The number of hydrogen-bond donors (Lipinski definition) is 2. The maximum Gasteiger partial charge on any atom is 0.239 e. The van der Waals surface area contributed by atoms with Crippen molar-refractivity contribution in [3.05, 3.63) is 42.1 Å². The van der Waals surface area contributed by atoms with Crippen molar-refractivity contribution >= 4 is 11.8 Å². The molecule has 1 aromatic carbocycles. The second kappa shape index (κ2) is 7.02. The normalized spacial score (nSPS) is 14.9. The van der Waals surface area contributed by atoms with Gasteiger partial charge >= 0.3 is 0 Å². The molecule has 0 aliphatic carbocycles. The van der Waals surface area contributed by atoms with Gasteiger partial charge in [0.1, 0.15) is 11.6 Å². The molecule has 0 unspecified atom stereocenters. The van der Waals surface area contributed by atoms with Crippen LogP contribution in [0.25, 0.3) is 11.3 Å². The Morgan fingerprint density at radius 1 is 1.24 bits per heavy atom. The van der Waals surface area contributed by atoms with E-state index in [-0.39, 0.29) is 24.6 Å². The summed E-state index contributed by atoms with van der Waals surface area (Å²) >= 11 is 0. The molecule has 4 N–H and O–H groups in total. The van der Waals surface area contributed by atoms with Crippen molar-refractivity contribution in [2.75, 3.05) is 6.54 Å². The number of imidazole rings is 1. The minimum atomic E-state index is -0.745. The van der Waals surface area contributed by atoms with Gasteiger partial charge in [0.15, 0.2) is 0 Å². The van der Waals surface area contributed by atoms with E-state index in [9.17, 15) is 14.0 Å². The van der Waals surface area contributed by atoms with E-state index in [0.717, 1.165) is 17.1 Å². The molecule has 1 atom stereocenters. The zero-order chi connectivity index (χ0) is 18.0. The summed E-state index contributed by atoms with van der Waals surface area (Å²) in [5, 5.41) is 0. The van der Waals surface area contributed by atoms with Crippen molar-refractivity contribution in [3.8, 4) is 11.3 Å². The fourth-order valence-corrected chi connectivity index (χ4v) is 2.86. The lowest BCUT2D eigenvalue weighted by Crippen LogP contribution is -2.47. The lowest BCUT2D eigenvalue weighted by molar-refractivity contribution is -0.134. The summed E-state index contributed by atoms with van der Waals surface area (Å²) in [6, 6.07) is 5.38. The van der Waals surface area contributed by atoms with Gasteiger partial charge < -0.3 is 20.9 Å². The lowest BCUT2D eigenvalue weighted by Gasteiger charge is -2.29. The highest BCUT2D eigenvalue weighted by Gasteiger charge is 2.26. The van der Waals surface area contributed by atoms with Gasteiger partial charge in [0.2, 0.25) is 11.8 Å². The van der Waals surface area contributed by atoms with Crippen molar-refractivity contribution in [1.29, 1.82) is 0 Å². The van der Waals surface area contributed by atoms with Gasteiger partial charge in [-0.15, -0.1) is 0 Å². The van der Waals surface area contributed by atoms with Crippen LogP contribution in [0.5, 0.6) is 0 Å². The van der Waals surface area contributed by atoms with E-state index in [1.807, 2.05) is 10.8 Å². The third kappa shape index (κ3) is 3.85. The summed E-state index contributed by atoms with van der Waals surface area (Å²) < 4.78 is 15.0. The Morgan fingerprint density at radius 2 is 1.96 bits per heavy atom. The summed E-state index contributed by atoms with van der Waals surface area (Å²) in [6.07, 6.45) is 2.22. The molecule has 7 nitrogen and oxygen atoms in total. The van der Waals surface area contributed by atoms with Crippen LogP contribution in [0.15, 0.2) is 30.5 Å². The van der Waals surface area contributed by atoms with E-state index in [4.69, 9.17) is 11.5 Å². The molecular formula is C17H20FN5O2. The number of halogens is 1. The van der Waals surface area contributed by atoms with Crippen LogP contribution >= 0.6 is 0 Å². The molecule has 2 amide bonds. The third-order valence-electron chi connectivity index (χ3n) is 4.27. The van der Waals surface area contributed by atoms with Gasteiger partial charge in [-0.1, -0.05) is 0 Å². The highest BCUT2D eigenvalue weighted by Crippen LogP contribution is 2.22. The molecule has 1 aliphatic rings. The highest BCUT2D eigenvalue weighted by molar-refractivity contribution is 5.82. The number of primary amides is 1. The molecule has 0 spiro atoms. The van der Waals surface area contributed by atoms with E-state index in [1.54, 1.807) is 17.0 Å². The molecule has 1 aliphatic heterocycles. The zero-order valence-electron chi connectivity index (χ0n) is 13.7. The fraction of sp³-hybridized carbons (Fsp3) is 0.353. The smallest absolute Gasteiger partial charge is 0.239 e. The average Bonchev–Trinajstić information content (AvgIpc) is 3.02. The first-order valence-electron chi connectivity index (χ1n) is 8.08. The molecule has 3 rings (SSSR count). The summed E-state index contributed by atoms with van der Waals surface area (Å²) in [4.78, 5) is 29.4. The molecule has 2 aromatic rings. The van der Waals surface area contributed by atoms with E-state index >= 15 is 0 Å². The van der Waals surface area contributed by atoms with Crippen LogP contribution in [0.1, 0.15) is 18.7 Å². The first-order valence-corrected chi connectivity index (χ1v) is 8.08. The molecule has 0 saturated carbocycles. The van der Waals surface area contributed by atoms with Crippen LogP contribution in [-0.4, -0.2) is 38.9 Å². The first kappa shape index (κ1) is 17.1. The van der Waals surface area contributed by atoms with Gasteiger partial charge in [-0.2, -0.15) is 0 Å². The second-order valence-corrected chi connectivity index (χ2v) is 6.11. The molecule has 0 fully saturated rings. The van der Waals surface area contributed by atoms with E-state index in [2.05, 4.69) is 4.98 Å². The first-order chi connectivity index (χ1) is 11.9. The van der Waals surface area contributed by atoms with Crippen LogP contribution in [-0.2, 0) is 22.7 Å². The number of amides is 2. The van der Waals surface area contributed by atoms with Gasteiger partial charge in [-0.25, -0.2) is 9.37 Å². The minimum absolute atomic E-state index is 0.0874. The minimum Gasteiger partial charge on any atom is -0.370 e. The topological polar surface area (TPSA) is 107 Å². The Bertz CT molecular complexity index is 787. The van der Waals surface area contributed by atoms with Gasteiger partial charge in [-0.3, -0.25) is 9.59 Å². The fourth-order valence-electron chi connectivity index (χ4n) is 2.86. The lowest BCUT2D eigenvalue weighted by atomic mass is 10.1. The summed E-state index contributed by atoms with van der Waals surface area (Å²) in [7, 11) is 0. The third-order valence-corrected chi connectivity index (χ3v) is 4.27. The number of nitrogens with zero attached hydrogens (tertiary/aromatic N) is 3. The number of aromatic nitrogens is 2. The van der Waals surface area contributed by atoms with E-state index in [1.165, 1.54) is 12.1 Å². The Kier molecular flexibility index (Phi) is 4.80. The number of hydrogen-bond acceptors (Lipinski definition) is 4. The Morgan fingerprint density at radius 3 is 2.64 bits per heavy atom. The predicted molar refractivity (Wildman–Crippen MR) is 89.4 cm³/mol. The molecule has 0 saturated heterocycles. The van der Waals surface area contributed by atoms with Gasteiger partial charge in [0, 0.05) is 31.3 Å². The van der Waals surface area contributed by atoms with E-state index in [0.29, 0.717) is 19.6 Å². The molecule has 0 radical (unpaired) electrons. The van der Waals surface area contributed by atoms with Crippen LogP contribution in [0, 0.1) is 5.82 Å². The number of benzene rings is 1. The van der Waals surface area contributed by atoms with Crippen molar-refractivity contribution in [3.63, 3.8) is 0 Å². The molecule has 132 valence electrons. The molecule has 1 aromatic heterocycles. The molecule has 2 heterocycles. The summed E-state index contributed by atoms with van der Waals surface area (Å²) in [5.41, 5.74) is 12.5.